The average Bonchev–Trinajstić information content (AvgIpc) is 2.83. The molecule has 0 aromatic carbocycles. The quantitative estimate of drug-likeness (QED) is 0.517. The Morgan fingerprint density at radius 1 is 1.33 bits per heavy atom. The first-order chi connectivity index (χ1) is 8.80. The van der Waals surface area contributed by atoms with Crippen LogP contribution < -0.4 is 5.48 Å². The van der Waals surface area contributed by atoms with Crippen molar-refractivity contribution in [2.24, 2.45) is 0 Å². The highest BCUT2D eigenvalue weighted by molar-refractivity contribution is 5.86. The molecule has 0 aliphatic carbocycles. The molecule has 0 radical (unpaired) electrons. The van der Waals surface area contributed by atoms with Gasteiger partial charge in [-0.3, -0.25) is 10.7 Å². The zero-order valence-electron chi connectivity index (χ0n) is 9.52. The molecule has 98 valence electrons. The van der Waals surface area contributed by atoms with Crippen LogP contribution >= 0.6 is 0 Å². The van der Waals surface area contributed by atoms with Crippen molar-refractivity contribution >= 4 is 16.9 Å². The average molecular weight is 254 g/mol. The molecule has 0 amide bonds. The van der Waals surface area contributed by atoms with Crippen LogP contribution in [0.1, 0.15) is 0 Å². The predicted octanol–water partition coefficient (Wildman–Crippen LogP) is -0.440. The fourth-order valence-electron chi connectivity index (χ4n) is 1.55. The van der Waals surface area contributed by atoms with Gasteiger partial charge in [-0.2, -0.15) is 0 Å². The SMILES string of the molecule is OCC(CO)OCn1ccc2c(NO)ncnc21. The number of rotatable bonds is 6. The smallest absolute Gasteiger partial charge is 0.162 e. The van der Waals surface area contributed by atoms with Crippen molar-refractivity contribution in [2.75, 3.05) is 18.7 Å². The first-order valence-electron chi connectivity index (χ1n) is 5.33. The Hall–Kier alpha value is -1.74. The molecule has 4 N–H and O–H groups in total. The second-order valence-corrected chi connectivity index (χ2v) is 3.64. The lowest BCUT2D eigenvalue weighted by atomic mass is 10.4. The van der Waals surface area contributed by atoms with Crippen LogP contribution in [0.4, 0.5) is 5.82 Å². The van der Waals surface area contributed by atoms with E-state index < -0.39 is 6.10 Å². The van der Waals surface area contributed by atoms with Crippen molar-refractivity contribution < 1.29 is 20.2 Å². The number of fused-ring (bicyclic) bond motifs is 1. The first kappa shape index (κ1) is 12.7. The van der Waals surface area contributed by atoms with Gasteiger partial charge in [0, 0.05) is 6.20 Å². The van der Waals surface area contributed by atoms with Crippen molar-refractivity contribution in [3.8, 4) is 0 Å². The Labute approximate surface area is 102 Å². The third kappa shape index (κ3) is 2.41. The summed E-state index contributed by atoms with van der Waals surface area (Å²) in [6.45, 7) is -0.376. The molecular formula is C10H14N4O4. The van der Waals surface area contributed by atoms with E-state index in [9.17, 15) is 0 Å². The van der Waals surface area contributed by atoms with E-state index in [0.29, 0.717) is 16.9 Å². The van der Waals surface area contributed by atoms with Crippen molar-refractivity contribution in [1.29, 1.82) is 0 Å². The molecule has 8 heteroatoms. The summed E-state index contributed by atoms with van der Waals surface area (Å²) in [4.78, 5) is 7.94. The molecule has 0 spiro atoms. The Morgan fingerprint density at radius 2 is 2.11 bits per heavy atom. The van der Waals surface area contributed by atoms with Gasteiger partial charge in [0.1, 0.15) is 24.8 Å². The number of hydrogen-bond acceptors (Lipinski definition) is 7. The zero-order valence-corrected chi connectivity index (χ0v) is 9.52. The summed E-state index contributed by atoms with van der Waals surface area (Å²) in [5.74, 6) is 0.305. The summed E-state index contributed by atoms with van der Waals surface area (Å²) in [7, 11) is 0. The monoisotopic (exact) mass is 254 g/mol. The topological polar surface area (TPSA) is 113 Å². The van der Waals surface area contributed by atoms with Crippen molar-refractivity contribution in [2.45, 2.75) is 12.8 Å². The molecule has 0 unspecified atom stereocenters. The number of aromatic nitrogens is 3. The van der Waals surface area contributed by atoms with Crippen LogP contribution in [-0.4, -0.2) is 49.3 Å². The van der Waals surface area contributed by atoms with Crippen LogP contribution in [0.3, 0.4) is 0 Å². The van der Waals surface area contributed by atoms with E-state index in [2.05, 4.69) is 9.97 Å². The molecule has 0 saturated heterocycles. The van der Waals surface area contributed by atoms with Crippen molar-refractivity contribution in [1.82, 2.24) is 14.5 Å². The Bertz CT molecular complexity index is 512. The molecule has 8 nitrogen and oxygen atoms in total. The second kappa shape index (κ2) is 5.74. The van der Waals surface area contributed by atoms with Crippen LogP contribution in [0.25, 0.3) is 11.0 Å². The fourth-order valence-corrected chi connectivity index (χ4v) is 1.55. The molecule has 0 fully saturated rings. The lowest BCUT2D eigenvalue weighted by Crippen LogP contribution is -2.23. The summed E-state index contributed by atoms with van der Waals surface area (Å²) < 4.78 is 6.96. The van der Waals surface area contributed by atoms with E-state index in [1.807, 2.05) is 5.48 Å². The first-order valence-corrected chi connectivity index (χ1v) is 5.33. The van der Waals surface area contributed by atoms with Crippen molar-refractivity contribution in [3.63, 3.8) is 0 Å². The minimum absolute atomic E-state index is 0.136. The maximum atomic E-state index is 8.89. The molecule has 2 heterocycles. The summed E-state index contributed by atoms with van der Waals surface area (Å²) >= 11 is 0. The number of anilines is 1. The van der Waals surface area contributed by atoms with E-state index in [4.69, 9.17) is 20.2 Å². The highest BCUT2D eigenvalue weighted by Crippen LogP contribution is 2.19. The minimum atomic E-state index is -0.625. The van der Waals surface area contributed by atoms with Gasteiger partial charge in [0.15, 0.2) is 5.82 Å². The molecule has 0 atom stereocenters. The van der Waals surface area contributed by atoms with Crippen molar-refractivity contribution in [3.05, 3.63) is 18.6 Å². The maximum absolute atomic E-state index is 8.89. The third-order valence-electron chi connectivity index (χ3n) is 2.52. The lowest BCUT2D eigenvalue weighted by Gasteiger charge is -2.13. The van der Waals surface area contributed by atoms with Gasteiger partial charge >= 0.3 is 0 Å². The Morgan fingerprint density at radius 3 is 2.78 bits per heavy atom. The van der Waals surface area contributed by atoms with Gasteiger partial charge in [0.2, 0.25) is 0 Å². The summed E-state index contributed by atoms with van der Waals surface area (Å²) in [6.07, 6.45) is 2.40. The van der Waals surface area contributed by atoms with E-state index in [0.717, 1.165) is 0 Å². The van der Waals surface area contributed by atoms with E-state index in [-0.39, 0.29) is 19.9 Å². The second-order valence-electron chi connectivity index (χ2n) is 3.64. The normalized spacial score (nSPS) is 11.3. The van der Waals surface area contributed by atoms with Gasteiger partial charge in [-0.05, 0) is 6.07 Å². The summed E-state index contributed by atoms with van der Waals surface area (Å²) in [5, 5.41) is 27.3. The summed E-state index contributed by atoms with van der Waals surface area (Å²) in [6, 6.07) is 1.73. The van der Waals surface area contributed by atoms with Gasteiger partial charge in [0.05, 0.1) is 18.6 Å². The van der Waals surface area contributed by atoms with E-state index >= 15 is 0 Å². The largest absolute Gasteiger partial charge is 0.394 e. The third-order valence-corrected chi connectivity index (χ3v) is 2.52. The molecule has 2 aromatic heterocycles. The predicted molar refractivity (Wildman–Crippen MR) is 62.0 cm³/mol. The van der Waals surface area contributed by atoms with Crippen LogP contribution in [0.2, 0.25) is 0 Å². The molecule has 0 bridgehead atoms. The Balaban J connectivity index is 2.19. The number of aliphatic hydroxyl groups excluding tert-OH is 2. The van der Waals surface area contributed by atoms with Crippen LogP contribution in [-0.2, 0) is 11.5 Å². The molecule has 18 heavy (non-hydrogen) atoms. The Kier molecular flexibility index (Phi) is 4.05. The van der Waals surface area contributed by atoms with Gasteiger partial charge < -0.3 is 19.5 Å². The lowest BCUT2D eigenvalue weighted by molar-refractivity contribution is -0.0486. The number of hydrogen-bond donors (Lipinski definition) is 4. The molecule has 0 saturated carbocycles. The minimum Gasteiger partial charge on any atom is -0.394 e. The van der Waals surface area contributed by atoms with Crippen LogP contribution in [0, 0.1) is 0 Å². The van der Waals surface area contributed by atoms with Crippen LogP contribution in [0.15, 0.2) is 18.6 Å². The number of nitrogens with zero attached hydrogens (tertiary/aromatic N) is 3. The molecule has 0 aliphatic heterocycles. The molecule has 2 aromatic rings. The standard InChI is InChI=1S/C10H14N4O4/c15-3-7(4-16)18-6-14-2-1-8-9(13-17)11-5-12-10(8)14/h1-2,5,7,15-17H,3-4,6H2,(H,11,12,13). The zero-order chi connectivity index (χ0) is 13.0. The van der Waals surface area contributed by atoms with Gasteiger partial charge in [-0.15, -0.1) is 0 Å². The highest BCUT2D eigenvalue weighted by Gasteiger charge is 2.10. The maximum Gasteiger partial charge on any atom is 0.162 e. The van der Waals surface area contributed by atoms with Gasteiger partial charge in [0.25, 0.3) is 0 Å². The fraction of sp³-hybridized carbons (Fsp3) is 0.400. The van der Waals surface area contributed by atoms with E-state index in [1.165, 1.54) is 6.33 Å². The molecule has 2 rings (SSSR count). The number of nitrogens with one attached hydrogen (secondary N) is 1. The molecular weight excluding hydrogens is 240 g/mol. The molecule has 0 aliphatic rings. The van der Waals surface area contributed by atoms with Gasteiger partial charge in [-0.25, -0.2) is 9.97 Å². The van der Waals surface area contributed by atoms with Crippen LogP contribution in [0.5, 0.6) is 0 Å². The number of ether oxygens (including phenoxy) is 1. The van der Waals surface area contributed by atoms with Gasteiger partial charge in [-0.1, -0.05) is 0 Å². The van der Waals surface area contributed by atoms with E-state index in [1.54, 1.807) is 16.8 Å². The summed E-state index contributed by atoms with van der Waals surface area (Å²) in [5.41, 5.74) is 2.57. The highest BCUT2D eigenvalue weighted by atomic mass is 16.5. The number of aliphatic hydroxyl groups is 2.